The van der Waals surface area contributed by atoms with Crippen molar-refractivity contribution in [3.8, 4) is 0 Å². The molecule has 0 unspecified atom stereocenters. The fraction of sp³-hybridized carbons (Fsp3) is 0.360. The standard InChI is InChI=1S/C25H24BrFN2O/c26-17-1-4-19(5-2-17)29-24(30)22-9-13-25(22)11-7-16(8-12-25)20-10-14-28-23-6-3-18(27)15-21(20)23/h1-6,10,14-16,22H,7-9,11-13H2,(H,29,30)/t16?,22-,25?/m1/s1. The third-order valence-corrected chi connectivity index (χ3v) is 7.79. The molecule has 2 saturated carbocycles. The maximum absolute atomic E-state index is 13.8. The molecule has 30 heavy (non-hydrogen) atoms. The minimum atomic E-state index is -0.215. The van der Waals surface area contributed by atoms with E-state index in [1.165, 1.54) is 11.6 Å². The number of rotatable bonds is 3. The van der Waals surface area contributed by atoms with Crippen LogP contribution in [0.15, 0.2) is 59.2 Å². The van der Waals surface area contributed by atoms with Gasteiger partial charge < -0.3 is 5.32 Å². The number of fused-ring (bicyclic) bond motifs is 1. The van der Waals surface area contributed by atoms with Crippen molar-refractivity contribution in [1.82, 2.24) is 4.98 Å². The molecule has 5 heteroatoms. The van der Waals surface area contributed by atoms with Crippen molar-refractivity contribution in [3.63, 3.8) is 0 Å². The highest BCUT2D eigenvalue weighted by Gasteiger charge is 2.51. The van der Waals surface area contributed by atoms with Gasteiger partial charge in [-0.05, 0) is 104 Å². The Hall–Kier alpha value is -2.27. The summed E-state index contributed by atoms with van der Waals surface area (Å²) in [4.78, 5) is 17.3. The second kappa shape index (κ2) is 7.77. The van der Waals surface area contributed by atoms with Crippen LogP contribution in [0.3, 0.4) is 0 Å². The summed E-state index contributed by atoms with van der Waals surface area (Å²) < 4.78 is 14.8. The summed E-state index contributed by atoms with van der Waals surface area (Å²) in [5, 5.41) is 4.03. The van der Waals surface area contributed by atoms with Gasteiger partial charge in [-0.2, -0.15) is 0 Å². The van der Waals surface area contributed by atoms with Gasteiger partial charge >= 0.3 is 0 Å². The van der Waals surface area contributed by atoms with Crippen LogP contribution in [0.4, 0.5) is 10.1 Å². The minimum absolute atomic E-state index is 0.0914. The van der Waals surface area contributed by atoms with E-state index in [9.17, 15) is 9.18 Å². The second-order valence-electron chi connectivity index (χ2n) is 8.79. The first kappa shape index (κ1) is 19.7. The average molecular weight is 467 g/mol. The fourth-order valence-corrected chi connectivity index (χ4v) is 5.73. The van der Waals surface area contributed by atoms with Crippen LogP contribution in [-0.2, 0) is 4.79 Å². The SMILES string of the molecule is O=C(Nc1ccc(Br)cc1)[C@H]1CCC12CCC(c1ccnc3ccc(F)cc13)CC2. The summed E-state index contributed by atoms with van der Waals surface area (Å²) in [6.07, 6.45) is 8.11. The zero-order chi connectivity index (χ0) is 20.7. The minimum Gasteiger partial charge on any atom is -0.326 e. The van der Waals surface area contributed by atoms with E-state index in [0.29, 0.717) is 5.92 Å². The Morgan fingerprint density at radius 3 is 2.47 bits per heavy atom. The first-order valence-electron chi connectivity index (χ1n) is 10.6. The number of aromatic nitrogens is 1. The summed E-state index contributed by atoms with van der Waals surface area (Å²) in [5.41, 5.74) is 3.03. The quantitative estimate of drug-likeness (QED) is 0.459. The van der Waals surface area contributed by atoms with Crippen molar-refractivity contribution in [2.75, 3.05) is 5.32 Å². The number of benzene rings is 2. The zero-order valence-corrected chi connectivity index (χ0v) is 18.3. The number of pyridine rings is 1. The van der Waals surface area contributed by atoms with E-state index in [-0.39, 0.29) is 23.1 Å². The Morgan fingerprint density at radius 1 is 1.03 bits per heavy atom. The van der Waals surface area contributed by atoms with Crippen molar-refractivity contribution in [3.05, 3.63) is 70.6 Å². The molecule has 2 aromatic carbocycles. The van der Waals surface area contributed by atoms with E-state index in [1.54, 1.807) is 12.1 Å². The molecule has 1 aromatic heterocycles. The van der Waals surface area contributed by atoms with E-state index in [2.05, 4.69) is 26.2 Å². The third-order valence-electron chi connectivity index (χ3n) is 7.26. The van der Waals surface area contributed by atoms with E-state index in [4.69, 9.17) is 0 Å². The molecule has 1 heterocycles. The smallest absolute Gasteiger partial charge is 0.228 e. The van der Waals surface area contributed by atoms with Crippen LogP contribution in [0, 0.1) is 17.2 Å². The maximum Gasteiger partial charge on any atom is 0.228 e. The van der Waals surface area contributed by atoms with Crippen LogP contribution in [0.25, 0.3) is 10.9 Å². The molecule has 2 aliphatic rings. The van der Waals surface area contributed by atoms with Gasteiger partial charge in [0.2, 0.25) is 5.91 Å². The fourth-order valence-electron chi connectivity index (χ4n) is 5.47. The molecule has 2 aliphatic carbocycles. The maximum atomic E-state index is 13.8. The summed E-state index contributed by atoms with van der Waals surface area (Å²) in [6.45, 7) is 0. The Bertz CT molecular complexity index is 1090. The second-order valence-corrected chi connectivity index (χ2v) is 9.70. The van der Waals surface area contributed by atoms with Crippen molar-refractivity contribution < 1.29 is 9.18 Å². The average Bonchev–Trinajstić information content (AvgIpc) is 2.74. The lowest BCUT2D eigenvalue weighted by atomic mass is 9.52. The number of nitrogens with zero attached hydrogens (tertiary/aromatic N) is 1. The van der Waals surface area contributed by atoms with Gasteiger partial charge in [0.1, 0.15) is 5.82 Å². The number of carbonyl (C=O) groups is 1. The first-order chi connectivity index (χ1) is 14.5. The van der Waals surface area contributed by atoms with Crippen LogP contribution in [0.2, 0.25) is 0 Å². The molecule has 2 fully saturated rings. The molecule has 1 N–H and O–H groups in total. The Kier molecular flexibility index (Phi) is 5.10. The van der Waals surface area contributed by atoms with Gasteiger partial charge in [0.05, 0.1) is 5.52 Å². The molecule has 154 valence electrons. The molecule has 0 aliphatic heterocycles. The number of nitrogens with one attached hydrogen (secondary N) is 1. The zero-order valence-electron chi connectivity index (χ0n) is 16.7. The molecule has 0 bridgehead atoms. The first-order valence-corrected chi connectivity index (χ1v) is 11.4. The summed E-state index contributed by atoms with van der Waals surface area (Å²) >= 11 is 3.43. The highest BCUT2D eigenvalue weighted by Crippen LogP contribution is 2.58. The number of halogens is 2. The van der Waals surface area contributed by atoms with Crippen molar-refractivity contribution in [2.45, 2.75) is 44.4 Å². The Balaban J connectivity index is 1.29. The molecule has 3 aromatic rings. The largest absolute Gasteiger partial charge is 0.326 e. The lowest BCUT2D eigenvalue weighted by Gasteiger charge is -2.52. The van der Waals surface area contributed by atoms with Crippen LogP contribution in [-0.4, -0.2) is 10.9 Å². The lowest BCUT2D eigenvalue weighted by molar-refractivity contribution is -0.133. The van der Waals surface area contributed by atoms with E-state index in [1.807, 2.05) is 36.5 Å². The van der Waals surface area contributed by atoms with Gasteiger partial charge in [0.25, 0.3) is 0 Å². The van der Waals surface area contributed by atoms with E-state index < -0.39 is 0 Å². The molecule has 0 saturated heterocycles. The molecule has 0 radical (unpaired) electrons. The predicted octanol–water partition coefficient (Wildman–Crippen LogP) is 6.83. The summed E-state index contributed by atoms with van der Waals surface area (Å²) in [7, 11) is 0. The highest BCUT2D eigenvalue weighted by atomic mass is 79.9. The van der Waals surface area contributed by atoms with Crippen molar-refractivity contribution >= 4 is 38.4 Å². The number of amides is 1. The Labute approximate surface area is 184 Å². The Morgan fingerprint density at radius 2 is 1.77 bits per heavy atom. The van der Waals surface area contributed by atoms with Crippen molar-refractivity contribution in [1.29, 1.82) is 0 Å². The molecule has 5 rings (SSSR count). The van der Waals surface area contributed by atoms with Crippen LogP contribution in [0.5, 0.6) is 0 Å². The molecular formula is C25H24BrFN2O. The van der Waals surface area contributed by atoms with E-state index in [0.717, 1.165) is 59.6 Å². The monoisotopic (exact) mass is 466 g/mol. The van der Waals surface area contributed by atoms with Crippen LogP contribution in [0.1, 0.15) is 50.0 Å². The normalized spacial score (nSPS) is 25.8. The van der Waals surface area contributed by atoms with Gasteiger partial charge in [0, 0.05) is 27.7 Å². The molecule has 3 nitrogen and oxygen atoms in total. The van der Waals surface area contributed by atoms with Crippen molar-refractivity contribution in [2.24, 2.45) is 11.3 Å². The molecular weight excluding hydrogens is 443 g/mol. The highest BCUT2D eigenvalue weighted by molar-refractivity contribution is 9.10. The van der Waals surface area contributed by atoms with Gasteiger partial charge in [-0.25, -0.2) is 4.39 Å². The molecule has 1 amide bonds. The summed E-state index contributed by atoms with van der Waals surface area (Å²) in [5.74, 6) is 0.429. The lowest BCUT2D eigenvalue weighted by Crippen LogP contribution is -2.48. The van der Waals surface area contributed by atoms with Crippen LogP contribution >= 0.6 is 15.9 Å². The number of carbonyl (C=O) groups excluding carboxylic acids is 1. The third kappa shape index (κ3) is 3.53. The number of hydrogen-bond donors (Lipinski definition) is 1. The van der Waals surface area contributed by atoms with Gasteiger partial charge in [0.15, 0.2) is 0 Å². The topological polar surface area (TPSA) is 42.0 Å². The predicted molar refractivity (Wildman–Crippen MR) is 121 cm³/mol. The molecule has 1 spiro atoms. The number of hydrogen-bond acceptors (Lipinski definition) is 2. The van der Waals surface area contributed by atoms with E-state index >= 15 is 0 Å². The van der Waals surface area contributed by atoms with Crippen LogP contribution < -0.4 is 5.32 Å². The van der Waals surface area contributed by atoms with Gasteiger partial charge in [-0.1, -0.05) is 15.9 Å². The summed E-state index contributed by atoms with van der Waals surface area (Å²) in [6, 6.07) is 14.6. The van der Waals surface area contributed by atoms with Gasteiger partial charge in [-0.15, -0.1) is 0 Å². The number of anilines is 1. The van der Waals surface area contributed by atoms with Gasteiger partial charge in [-0.3, -0.25) is 9.78 Å². The molecule has 1 atom stereocenters.